The zero-order valence-corrected chi connectivity index (χ0v) is 29.7. The van der Waals surface area contributed by atoms with Gasteiger partial charge in [-0.1, -0.05) is 133 Å². The minimum atomic E-state index is -1.01. The molecule has 0 unspecified atom stereocenters. The molecule has 56 heavy (non-hydrogen) atoms. The number of furan rings is 1. The Morgan fingerprint density at radius 1 is 0.286 bits per heavy atom. The molecule has 0 saturated carbocycles. The van der Waals surface area contributed by atoms with Gasteiger partial charge in [-0.05, 0) is 96.4 Å². The highest BCUT2D eigenvalue weighted by Gasteiger charge is 2.29. The third-order valence-corrected chi connectivity index (χ3v) is 10.8. The van der Waals surface area contributed by atoms with Crippen LogP contribution in [0.2, 0.25) is 0 Å². The second kappa shape index (κ2) is 12.7. The van der Waals surface area contributed by atoms with E-state index in [9.17, 15) is 25.5 Å². The first-order valence-corrected chi connectivity index (χ1v) is 18.2. The van der Waals surface area contributed by atoms with Crippen molar-refractivity contribution in [1.29, 1.82) is 0 Å². The van der Waals surface area contributed by atoms with Crippen molar-refractivity contribution in [3.05, 3.63) is 164 Å². The van der Waals surface area contributed by atoms with Crippen LogP contribution in [0, 0.1) is 0 Å². The molecule has 0 bridgehead atoms. The number of hydrogen-bond donors (Lipinski definition) is 5. The highest BCUT2D eigenvalue weighted by Crippen LogP contribution is 2.58. The van der Waals surface area contributed by atoms with Crippen molar-refractivity contribution in [2.75, 3.05) is 0 Å². The van der Waals surface area contributed by atoms with Gasteiger partial charge in [-0.2, -0.15) is 0 Å². The van der Waals surface area contributed by atoms with Crippen LogP contribution in [0.3, 0.4) is 0 Å². The molecule has 10 aromatic rings. The Labute approximate surface area is 320 Å². The van der Waals surface area contributed by atoms with Crippen LogP contribution in [-0.2, 0) is 0 Å². The first-order chi connectivity index (χ1) is 27.4. The van der Waals surface area contributed by atoms with Crippen molar-refractivity contribution in [2.24, 2.45) is 0 Å². The van der Waals surface area contributed by atoms with Gasteiger partial charge in [0.2, 0.25) is 17.2 Å². The highest BCUT2D eigenvalue weighted by atomic mass is 16.4. The molecular formula is C50H32O6. The Balaban J connectivity index is 1.31. The SMILES string of the molecule is Oc1c(O)c(O)c(-c2c3ccccc3c(-c3cccc4oc5cccc(-c6cc(-c7ccccc7)cc(-c7ccccc7)c6)c5c34)c3ccccc23)c(O)c1O. The van der Waals surface area contributed by atoms with E-state index in [2.05, 4.69) is 78.9 Å². The van der Waals surface area contributed by atoms with E-state index in [-0.39, 0.29) is 5.56 Å². The van der Waals surface area contributed by atoms with Crippen LogP contribution in [-0.4, -0.2) is 25.5 Å². The van der Waals surface area contributed by atoms with E-state index < -0.39 is 28.7 Å². The zero-order chi connectivity index (χ0) is 38.1. The summed E-state index contributed by atoms with van der Waals surface area (Å²) in [6.07, 6.45) is 0. The van der Waals surface area contributed by atoms with Gasteiger partial charge < -0.3 is 29.9 Å². The average Bonchev–Trinajstić information content (AvgIpc) is 3.65. The van der Waals surface area contributed by atoms with Crippen LogP contribution in [0.5, 0.6) is 28.7 Å². The number of rotatable bonds is 5. The summed E-state index contributed by atoms with van der Waals surface area (Å²) in [6, 6.07) is 54.9. The molecule has 0 amide bonds. The molecule has 1 heterocycles. The van der Waals surface area contributed by atoms with E-state index in [0.29, 0.717) is 21.9 Å². The van der Waals surface area contributed by atoms with Gasteiger partial charge in [0.1, 0.15) is 11.2 Å². The van der Waals surface area contributed by atoms with Crippen molar-refractivity contribution in [3.8, 4) is 84.4 Å². The van der Waals surface area contributed by atoms with Gasteiger partial charge in [-0.15, -0.1) is 0 Å². The standard InChI is InChI=1S/C50H32O6/c51-46-45(47(52)49(54)50(55)48(46)53)42-36-19-9-7-17-34(36)41(35-18-8-10-20-37(35)42)38-22-12-24-40-44(38)43-33(21-11-23-39(43)56-40)32-26-30(28-13-3-1-4-14-28)25-31(27-32)29-15-5-2-6-16-29/h1-27,51-55H. The van der Waals surface area contributed by atoms with Gasteiger partial charge in [0.15, 0.2) is 11.5 Å². The maximum Gasteiger partial charge on any atom is 0.208 e. The minimum absolute atomic E-state index is 0.196. The smallest absolute Gasteiger partial charge is 0.208 e. The fourth-order valence-corrected chi connectivity index (χ4v) is 8.30. The lowest BCUT2D eigenvalue weighted by atomic mass is 9.84. The van der Waals surface area contributed by atoms with E-state index in [4.69, 9.17) is 4.42 Å². The van der Waals surface area contributed by atoms with Crippen molar-refractivity contribution in [2.45, 2.75) is 0 Å². The number of hydrogen-bond acceptors (Lipinski definition) is 6. The third kappa shape index (κ3) is 4.97. The van der Waals surface area contributed by atoms with E-state index in [1.54, 1.807) is 0 Å². The maximum atomic E-state index is 11.2. The van der Waals surface area contributed by atoms with Gasteiger partial charge in [0.25, 0.3) is 0 Å². The fourth-order valence-electron chi connectivity index (χ4n) is 8.30. The van der Waals surface area contributed by atoms with Crippen molar-refractivity contribution in [3.63, 3.8) is 0 Å². The molecule has 10 rings (SSSR count). The molecule has 0 atom stereocenters. The number of aromatic hydroxyl groups is 5. The lowest BCUT2D eigenvalue weighted by molar-refractivity contribution is 0.330. The predicted molar refractivity (Wildman–Crippen MR) is 224 cm³/mol. The Hall–Kier alpha value is -7.70. The Morgan fingerprint density at radius 3 is 1.18 bits per heavy atom. The summed E-state index contributed by atoms with van der Waals surface area (Å²) < 4.78 is 6.65. The fraction of sp³-hybridized carbons (Fsp3) is 0. The first-order valence-electron chi connectivity index (χ1n) is 18.2. The van der Waals surface area contributed by atoms with Crippen molar-refractivity contribution >= 4 is 43.5 Å². The second-order valence-corrected chi connectivity index (χ2v) is 13.9. The van der Waals surface area contributed by atoms with Gasteiger partial charge in [0.05, 0.1) is 5.56 Å². The molecule has 0 saturated heterocycles. The molecule has 6 heteroatoms. The number of fused-ring (bicyclic) bond motifs is 5. The second-order valence-electron chi connectivity index (χ2n) is 13.9. The Bertz CT molecular complexity index is 3040. The third-order valence-electron chi connectivity index (χ3n) is 10.8. The topological polar surface area (TPSA) is 114 Å². The zero-order valence-electron chi connectivity index (χ0n) is 29.7. The molecule has 268 valence electrons. The highest BCUT2D eigenvalue weighted by molar-refractivity contribution is 6.27. The van der Waals surface area contributed by atoms with Crippen molar-refractivity contribution in [1.82, 2.24) is 0 Å². The molecule has 9 aromatic carbocycles. The van der Waals surface area contributed by atoms with Crippen LogP contribution in [0.25, 0.3) is 99.1 Å². The van der Waals surface area contributed by atoms with E-state index in [1.807, 2.05) is 84.9 Å². The van der Waals surface area contributed by atoms with Crippen LogP contribution >= 0.6 is 0 Å². The molecule has 0 radical (unpaired) electrons. The van der Waals surface area contributed by atoms with Gasteiger partial charge in [0, 0.05) is 16.3 Å². The monoisotopic (exact) mass is 728 g/mol. The Kier molecular flexibility index (Phi) is 7.47. The summed E-state index contributed by atoms with van der Waals surface area (Å²) in [6.45, 7) is 0. The van der Waals surface area contributed by atoms with Crippen LogP contribution < -0.4 is 0 Å². The van der Waals surface area contributed by atoms with Gasteiger partial charge in [-0.25, -0.2) is 0 Å². The summed E-state index contributed by atoms with van der Waals surface area (Å²) in [5, 5.41) is 58.7. The Morgan fingerprint density at radius 2 is 0.679 bits per heavy atom. The molecule has 5 N–H and O–H groups in total. The molecule has 1 aromatic heterocycles. The lowest BCUT2D eigenvalue weighted by Gasteiger charge is -2.20. The van der Waals surface area contributed by atoms with Crippen LogP contribution in [0.1, 0.15) is 0 Å². The maximum absolute atomic E-state index is 11.2. The largest absolute Gasteiger partial charge is 0.504 e. The molecule has 0 aliphatic carbocycles. The molecule has 0 aliphatic heterocycles. The van der Waals surface area contributed by atoms with Crippen LogP contribution in [0.4, 0.5) is 0 Å². The molecule has 0 fully saturated rings. The summed E-state index contributed by atoms with van der Waals surface area (Å²) in [5.41, 5.74) is 9.93. The minimum Gasteiger partial charge on any atom is -0.504 e. The number of phenolic OH excluding ortho intramolecular Hbond substituents is 5. The summed E-state index contributed by atoms with van der Waals surface area (Å²) >= 11 is 0. The molecule has 0 spiro atoms. The molecular weight excluding hydrogens is 697 g/mol. The number of benzene rings is 9. The summed E-state index contributed by atoms with van der Waals surface area (Å²) in [4.78, 5) is 0. The normalized spacial score (nSPS) is 11.6. The van der Waals surface area contributed by atoms with E-state index in [1.165, 1.54) is 0 Å². The van der Waals surface area contributed by atoms with Crippen molar-refractivity contribution < 1.29 is 29.9 Å². The van der Waals surface area contributed by atoms with Crippen LogP contribution in [0.15, 0.2) is 168 Å². The number of phenols is 5. The summed E-state index contributed by atoms with van der Waals surface area (Å²) in [5.74, 6) is -4.36. The quantitative estimate of drug-likeness (QED) is 0.0685. The average molecular weight is 729 g/mol. The lowest BCUT2D eigenvalue weighted by Crippen LogP contribution is -1.93. The van der Waals surface area contributed by atoms with E-state index >= 15 is 0 Å². The molecule has 6 nitrogen and oxygen atoms in total. The van der Waals surface area contributed by atoms with Gasteiger partial charge >= 0.3 is 0 Å². The first kappa shape index (κ1) is 32.9. The molecule has 0 aliphatic rings. The summed E-state index contributed by atoms with van der Waals surface area (Å²) in [7, 11) is 0. The predicted octanol–water partition coefficient (Wildman–Crippen LogP) is 12.8. The van der Waals surface area contributed by atoms with E-state index in [0.717, 1.165) is 71.6 Å². The van der Waals surface area contributed by atoms with Gasteiger partial charge in [-0.3, -0.25) is 0 Å².